The lowest BCUT2D eigenvalue weighted by Gasteiger charge is -2.24. The second-order valence-electron chi connectivity index (χ2n) is 6.00. The summed E-state index contributed by atoms with van der Waals surface area (Å²) in [5, 5.41) is 0. The number of carbonyl (C=O) groups excluding carboxylic acids is 2. The molecule has 0 aromatic heterocycles. The molecule has 6 heteroatoms. The molecule has 0 aromatic rings. The van der Waals surface area contributed by atoms with Crippen LogP contribution < -0.4 is 5.73 Å². The van der Waals surface area contributed by atoms with Gasteiger partial charge in [0.1, 0.15) is 0 Å². The molecule has 2 aliphatic heterocycles. The Labute approximate surface area is 120 Å². The summed E-state index contributed by atoms with van der Waals surface area (Å²) in [6.07, 6.45) is 3.04. The Hall–Kier alpha value is -1.14. The molecule has 0 saturated carbocycles. The average molecular weight is 282 g/mol. The van der Waals surface area contributed by atoms with E-state index in [1.165, 1.54) is 12.8 Å². The number of likely N-dealkylation sites (N-methyl/N-ethyl adjacent to an activating group) is 1. The van der Waals surface area contributed by atoms with E-state index in [2.05, 4.69) is 9.80 Å². The van der Waals surface area contributed by atoms with E-state index in [1.807, 2.05) is 11.9 Å². The molecule has 2 aliphatic rings. The lowest BCUT2D eigenvalue weighted by Crippen LogP contribution is -2.41. The first-order chi connectivity index (χ1) is 9.56. The van der Waals surface area contributed by atoms with Crippen LogP contribution in [0.1, 0.15) is 19.3 Å². The molecule has 2 N–H and O–H groups in total. The minimum atomic E-state index is -0.309. The summed E-state index contributed by atoms with van der Waals surface area (Å²) in [5.41, 5.74) is 5.42. The van der Waals surface area contributed by atoms with Crippen LogP contribution in [0.2, 0.25) is 0 Å². The van der Waals surface area contributed by atoms with Crippen molar-refractivity contribution in [2.75, 3.05) is 52.9 Å². The Bertz CT molecular complexity index is 355. The molecule has 0 unspecified atom stereocenters. The zero-order chi connectivity index (χ0) is 14.5. The standard InChI is InChI=1S/C14H26N4O2/c1-16-8-9-18(11-12(10-16)14(15)20)13(19)4-7-17-5-2-3-6-17/h12H,2-11H2,1H3,(H2,15,20)/t12-/m1/s1. The van der Waals surface area contributed by atoms with Gasteiger partial charge in [-0.25, -0.2) is 0 Å². The zero-order valence-corrected chi connectivity index (χ0v) is 12.4. The van der Waals surface area contributed by atoms with E-state index in [-0.39, 0.29) is 17.7 Å². The Kier molecular flexibility index (Phi) is 5.37. The summed E-state index contributed by atoms with van der Waals surface area (Å²) in [6, 6.07) is 0. The van der Waals surface area contributed by atoms with Crippen LogP contribution in [0.4, 0.5) is 0 Å². The first kappa shape index (κ1) is 15.3. The molecule has 0 spiro atoms. The van der Waals surface area contributed by atoms with Crippen molar-refractivity contribution in [1.82, 2.24) is 14.7 Å². The van der Waals surface area contributed by atoms with Crippen LogP contribution in [-0.4, -0.2) is 79.4 Å². The Morgan fingerprint density at radius 2 is 1.80 bits per heavy atom. The van der Waals surface area contributed by atoms with E-state index in [0.717, 1.165) is 26.2 Å². The number of rotatable bonds is 4. The molecule has 0 aromatic carbocycles. The maximum absolute atomic E-state index is 12.3. The van der Waals surface area contributed by atoms with Crippen LogP contribution in [0.15, 0.2) is 0 Å². The van der Waals surface area contributed by atoms with Gasteiger partial charge >= 0.3 is 0 Å². The van der Waals surface area contributed by atoms with Gasteiger partial charge in [-0.2, -0.15) is 0 Å². The van der Waals surface area contributed by atoms with Crippen LogP contribution >= 0.6 is 0 Å². The van der Waals surface area contributed by atoms with E-state index in [1.54, 1.807) is 0 Å². The van der Waals surface area contributed by atoms with Crippen LogP contribution in [-0.2, 0) is 9.59 Å². The zero-order valence-electron chi connectivity index (χ0n) is 12.4. The SMILES string of the molecule is CN1CCN(C(=O)CCN2CCCC2)C[C@H](C(N)=O)C1. The molecule has 2 heterocycles. The molecule has 20 heavy (non-hydrogen) atoms. The monoisotopic (exact) mass is 282 g/mol. The Balaban J connectivity index is 1.85. The van der Waals surface area contributed by atoms with Crippen molar-refractivity contribution in [3.05, 3.63) is 0 Å². The number of amides is 2. The number of carbonyl (C=O) groups is 2. The number of primary amides is 1. The molecule has 114 valence electrons. The third kappa shape index (κ3) is 4.18. The van der Waals surface area contributed by atoms with E-state index < -0.39 is 0 Å². The van der Waals surface area contributed by atoms with Crippen molar-refractivity contribution in [2.24, 2.45) is 11.7 Å². The molecule has 6 nitrogen and oxygen atoms in total. The fraction of sp³-hybridized carbons (Fsp3) is 0.857. The Morgan fingerprint density at radius 1 is 1.10 bits per heavy atom. The third-order valence-electron chi connectivity index (χ3n) is 4.32. The summed E-state index contributed by atoms with van der Waals surface area (Å²) in [4.78, 5) is 30.0. The Morgan fingerprint density at radius 3 is 2.45 bits per heavy atom. The maximum atomic E-state index is 12.3. The second-order valence-corrected chi connectivity index (χ2v) is 6.00. The van der Waals surface area contributed by atoms with Gasteiger partial charge in [-0.15, -0.1) is 0 Å². The van der Waals surface area contributed by atoms with E-state index in [9.17, 15) is 9.59 Å². The van der Waals surface area contributed by atoms with Gasteiger partial charge < -0.3 is 20.4 Å². The largest absolute Gasteiger partial charge is 0.369 e. The number of likely N-dealkylation sites (tertiary alicyclic amines) is 1. The normalized spacial score (nSPS) is 25.6. The highest BCUT2D eigenvalue weighted by atomic mass is 16.2. The minimum Gasteiger partial charge on any atom is -0.369 e. The molecule has 2 fully saturated rings. The van der Waals surface area contributed by atoms with Crippen LogP contribution in [0.25, 0.3) is 0 Å². The van der Waals surface area contributed by atoms with Crippen molar-refractivity contribution in [3.8, 4) is 0 Å². The highest BCUT2D eigenvalue weighted by Gasteiger charge is 2.27. The van der Waals surface area contributed by atoms with Crippen molar-refractivity contribution in [3.63, 3.8) is 0 Å². The minimum absolute atomic E-state index is 0.151. The summed E-state index contributed by atoms with van der Waals surface area (Å²) >= 11 is 0. The van der Waals surface area contributed by atoms with E-state index in [0.29, 0.717) is 26.1 Å². The highest BCUT2D eigenvalue weighted by molar-refractivity contribution is 5.80. The van der Waals surface area contributed by atoms with Gasteiger partial charge in [-0.05, 0) is 33.0 Å². The molecule has 2 saturated heterocycles. The van der Waals surface area contributed by atoms with Gasteiger partial charge in [0.25, 0.3) is 0 Å². The van der Waals surface area contributed by atoms with Gasteiger partial charge in [-0.1, -0.05) is 0 Å². The molecule has 2 amide bonds. The third-order valence-corrected chi connectivity index (χ3v) is 4.32. The fourth-order valence-electron chi connectivity index (χ4n) is 3.00. The maximum Gasteiger partial charge on any atom is 0.223 e. The van der Waals surface area contributed by atoms with Crippen molar-refractivity contribution >= 4 is 11.8 Å². The first-order valence-electron chi connectivity index (χ1n) is 7.54. The molecular formula is C14H26N4O2. The first-order valence-corrected chi connectivity index (χ1v) is 7.54. The molecule has 0 radical (unpaired) electrons. The number of hydrogen-bond donors (Lipinski definition) is 1. The highest BCUT2D eigenvalue weighted by Crippen LogP contribution is 2.11. The van der Waals surface area contributed by atoms with E-state index >= 15 is 0 Å². The summed E-state index contributed by atoms with van der Waals surface area (Å²) < 4.78 is 0. The van der Waals surface area contributed by atoms with Gasteiger partial charge in [0.05, 0.1) is 5.92 Å². The van der Waals surface area contributed by atoms with Gasteiger partial charge in [-0.3, -0.25) is 9.59 Å². The quantitative estimate of drug-likeness (QED) is 0.744. The van der Waals surface area contributed by atoms with Gasteiger partial charge in [0.15, 0.2) is 0 Å². The average Bonchev–Trinajstić information content (AvgIpc) is 2.84. The van der Waals surface area contributed by atoms with Crippen LogP contribution in [0, 0.1) is 5.92 Å². The summed E-state index contributed by atoms with van der Waals surface area (Å²) in [7, 11) is 1.97. The fourth-order valence-corrected chi connectivity index (χ4v) is 3.00. The lowest BCUT2D eigenvalue weighted by molar-refractivity contribution is -0.132. The lowest BCUT2D eigenvalue weighted by atomic mass is 10.1. The number of nitrogens with zero attached hydrogens (tertiary/aromatic N) is 3. The molecule has 0 aliphatic carbocycles. The van der Waals surface area contributed by atoms with E-state index in [4.69, 9.17) is 5.73 Å². The van der Waals surface area contributed by atoms with Crippen molar-refractivity contribution in [1.29, 1.82) is 0 Å². The number of nitrogens with two attached hydrogens (primary N) is 1. The van der Waals surface area contributed by atoms with Crippen LogP contribution in [0.3, 0.4) is 0 Å². The topological polar surface area (TPSA) is 69.9 Å². The summed E-state index contributed by atoms with van der Waals surface area (Å²) in [5.74, 6) is -0.409. The van der Waals surface area contributed by atoms with Gasteiger partial charge in [0.2, 0.25) is 11.8 Å². The molecule has 0 bridgehead atoms. The second kappa shape index (κ2) is 7.04. The molecule has 1 atom stereocenters. The predicted molar refractivity (Wildman–Crippen MR) is 77.1 cm³/mol. The van der Waals surface area contributed by atoms with Gasteiger partial charge in [0, 0.05) is 39.1 Å². The van der Waals surface area contributed by atoms with Crippen molar-refractivity contribution in [2.45, 2.75) is 19.3 Å². The van der Waals surface area contributed by atoms with Crippen molar-refractivity contribution < 1.29 is 9.59 Å². The predicted octanol–water partition coefficient (Wildman–Crippen LogP) is -0.652. The van der Waals surface area contributed by atoms with Crippen LogP contribution in [0.5, 0.6) is 0 Å². The molecular weight excluding hydrogens is 256 g/mol. The smallest absolute Gasteiger partial charge is 0.223 e. The number of hydrogen-bond acceptors (Lipinski definition) is 4. The summed E-state index contributed by atoms with van der Waals surface area (Å²) in [6.45, 7) is 5.67. The molecule has 2 rings (SSSR count).